The Kier molecular flexibility index (Phi) is 3.79. The maximum Gasteiger partial charge on any atom is 0.0492 e. The van der Waals surface area contributed by atoms with E-state index in [1.165, 1.54) is 5.69 Å². The van der Waals surface area contributed by atoms with E-state index in [4.69, 9.17) is 11.6 Å². The van der Waals surface area contributed by atoms with Crippen LogP contribution < -0.4 is 0 Å². The lowest BCUT2D eigenvalue weighted by molar-refractivity contribution is 0.558. The average molecular weight is 201 g/mol. The van der Waals surface area contributed by atoms with Crippen molar-refractivity contribution in [2.45, 2.75) is 45.0 Å². The van der Waals surface area contributed by atoms with Gasteiger partial charge in [0.15, 0.2) is 0 Å². The van der Waals surface area contributed by atoms with E-state index in [2.05, 4.69) is 25.0 Å². The van der Waals surface area contributed by atoms with Crippen molar-refractivity contribution in [2.24, 2.45) is 0 Å². The number of hydrogen-bond acceptors (Lipinski definition) is 1. The molecule has 1 aromatic rings. The van der Waals surface area contributed by atoms with Gasteiger partial charge in [0.2, 0.25) is 0 Å². The highest BCUT2D eigenvalue weighted by molar-refractivity contribution is 6.20. The summed E-state index contributed by atoms with van der Waals surface area (Å²) in [7, 11) is 0. The molecular weight excluding hydrogens is 184 g/mol. The molecule has 1 rings (SSSR count). The molecule has 0 bridgehead atoms. The van der Waals surface area contributed by atoms with Gasteiger partial charge in [-0.15, -0.1) is 11.6 Å². The van der Waals surface area contributed by atoms with E-state index in [1.54, 1.807) is 0 Å². The third-order valence-corrected chi connectivity index (χ3v) is 2.41. The zero-order chi connectivity index (χ0) is 9.84. The number of hydrogen-bond donors (Lipinski definition) is 0. The van der Waals surface area contributed by atoms with Gasteiger partial charge in [0.05, 0.1) is 0 Å². The molecule has 0 aliphatic heterocycles. The number of alkyl halides is 1. The quantitative estimate of drug-likeness (QED) is 0.684. The highest BCUT2D eigenvalue weighted by Gasteiger charge is 2.12. The van der Waals surface area contributed by atoms with Crippen LogP contribution in [0.2, 0.25) is 0 Å². The van der Waals surface area contributed by atoms with Gasteiger partial charge in [-0.25, -0.2) is 0 Å². The molecule has 0 N–H and O–H groups in total. The summed E-state index contributed by atoms with van der Waals surface area (Å²) in [5, 5.41) is 4.47. The van der Waals surface area contributed by atoms with Gasteiger partial charge in [-0.1, -0.05) is 6.92 Å². The first-order valence-electron chi connectivity index (χ1n) is 4.81. The first kappa shape index (κ1) is 10.6. The van der Waals surface area contributed by atoms with Crippen LogP contribution >= 0.6 is 11.6 Å². The van der Waals surface area contributed by atoms with Crippen LogP contribution in [0.4, 0.5) is 0 Å². The molecular formula is C10H17ClN2. The zero-order valence-electron chi connectivity index (χ0n) is 8.50. The van der Waals surface area contributed by atoms with Gasteiger partial charge >= 0.3 is 0 Å². The minimum absolute atomic E-state index is 0.232. The van der Waals surface area contributed by atoms with Crippen molar-refractivity contribution in [2.75, 3.05) is 0 Å². The van der Waals surface area contributed by atoms with Crippen molar-refractivity contribution < 1.29 is 0 Å². The Balaban J connectivity index is 2.69. The molecule has 2 nitrogen and oxygen atoms in total. The molecule has 0 saturated carbocycles. The van der Waals surface area contributed by atoms with Gasteiger partial charge in [0.25, 0.3) is 0 Å². The van der Waals surface area contributed by atoms with Gasteiger partial charge < -0.3 is 0 Å². The standard InChI is InChI=1S/C10H17ClN2/c1-4-13-10(5-6-12-13)8(2)7-9(3)11/h5-6,8-9H,4,7H2,1-3H3. The Labute approximate surface area is 84.9 Å². The van der Waals surface area contributed by atoms with Gasteiger partial charge in [-0.05, 0) is 32.3 Å². The third-order valence-electron chi connectivity index (χ3n) is 2.23. The van der Waals surface area contributed by atoms with Crippen LogP contribution in [0.25, 0.3) is 0 Å². The van der Waals surface area contributed by atoms with E-state index in [9.17, 15) is 0 Å². The normalized spacial score (nSPS) is 15.7. The molecule has 0 radical (unpaired) electrons. The largest absolute Gasteiger partial charge is 0.270 e. The van der Waals surface area contributed by atoms with Crippen LogP contribution in [0.1, 0.15) is 38.8 Å². The summed E-state index contributed by atoms with van der Waals surface area (Å²) < 4.78 is 2.03. The Morgan fingerprint density at radius 3 is 2.77 bits per heavy atom. The predicted molar refractivity (Wildman–Crippen MR) is 56.2 cm³/mol. The lowest BCUT2D eigenvalue weighted by atomic mass is 10.0. The molecule has 0 aromatic carbocycles. The maximum atomic E-state index is 5.96. The molecule has 0 saturated heterocycles. The number of nitrogens with zero attached hydrogens (tertiary/aromatic N) is 2. The van der Waals surface area contributed by atoms with Gasteiger partial charge in [0, 0.05) is 23.8 Å². The Hall–Kier alpha value is -0.500. The number of aryl methyl sites for hydroxylation is 1. The minimum atomic E-state index is 0.232. The summed E-state index contributed by atoms with van der Waals surface area (Å²) in [5.74, 6) is 0.495. The molecule has 0 aliphatic carbocycles. The summed E-state index contributed by atoms with van der Waals surface area (Å²) in [6.45, 7) is 7.27. The Morgan fingerprint density at radius 1 is 1.54 bits per heavy atom. The zero-order valence-corrected chi connectivity index (χ0v) is 9.25. The van der Waals surface area contributed by atoms with Gasteiger partial charge in [-0.2, -0.15) is 5.10 Å². The Bertz CT molecular complexity index is 255. The monoisotopic (exact) mass is 200 g/mol. The molecule has 0 aliphatic rings. The molecule has 0 fully saturated rings. The first-order chi connectivity index (χ1) is 6.15. The van der Waals surface area contributed by atoms with E-state index in [-0.39, 0.29) is 5.38 Å². The van der Waals surface area contributed by atoms with Crippen LogP contribution in [0.15, 0.2) is 12.3 Å². The molecule has 2 unspecified atom stereocenters. The van der Waals surface area contributed by atoms with E-state index >= 15 is 0 Å². The van der Waals surface area contributed by atoms with Crippen LogP contribution in [0.5, 0.6) is 0 Å². The maximum absolute atomic E-state index is 5.96. The molecule has 13 heavy (non-hydrogen) atoms. The van der Waals surface area contributed by atoms with Crippen molar-refractivity contribution in [3.05, 3.63) is 18.0 Å². The van der Waals surface area contributed by atoms with E-state index in [0.29, 0.717) is 5.92 Å². The number of aromatic nitrogens is 2. The summed E-state index contributed by atoms with van der Waals surface area (Å²) in [6, 6.07) is 2.08. The van der Waals surface area contributed by atoms with Crippen molar-refractivity contribution in [3.63, 3.8) is 0 Å². The summed E-state index contributed by atoms with van der Waals surface area (Å²) >= 11 is 5.96. The summed E-state index contributed by atoms with van der Waals surface area (Å²) in [4.78, 5) is 0. The van der Waals surface area contributed by atoms with Crippen LogP contribution in [-0.4, -0.2) is 15.2 Å². The second-order valence-corrected chi connectivity index (χ2v) is 4.23. The van der Waals surface area contributed by atoms with Crippen LogP contribution in [-0.2, 0) is 6.54 Å². The van der Waals surface area contributed by atoms with E-state index in [0.717, 1.165) is 13.0 Å². The van der Waals surface area contributed by atoms with Crippen molar-refractivity contribution in [1.29, 1.82) is 0 Å². The topological polar surface area (TPSA) is 17.8 Å². The summed E-state index contributed by atoms with van der Waals surface area (Å²) in [5.41, 5.74) is 1.29. The highest BCUT2D eigenvalue weighted by Crippen LogP contribution is 2.22. The number of halogens is 1. The molecule has 2 atom stereocenters. The smallest absolute Gasteiger partial charge is 0.0492 e. The van der Waals surface area contributed by atoms with Crippen LogP contribution in [0, 0.1) is 0 Å². The van der Waals surface area contributed by atoms with E-state index < -0.39 is 0 Å². The second kappa shape index (κ2) is 4.66. The fourth-order valence-electron chi connectivity index (χ4n) is 1.63. The van der Waals surface area contributed by atoms with Crippen molar-refractivity contribution >= 4 is 11.6 Å². The molecule has 0 spiro atoms. The third kappa shape index (κ3) is 2.73. The fourth-order valence-corrected chi connectivity index (χ4v) is 1.90. The lowest BCUT2D eigenvalue weighted by Crippen LogP contribution is -2.08. The van der Waals surface area contributed by atoms with Crippen molar-refractivity contribution in [3.8, 4) is 0 Å². The van der Waals surface area contributed by atoms with Crippen LogP contribution in [0.3, 0.4) is 0 Å². The SMILES string of the molecule is CCn1nccc1C(C)CC(C)Cl. The van der Waals surface area contributed by atoms with Crippen molar-refractivity contribution in [1.82, 2.24) is 9.78 Å². The van der Waals surface area contributed by atoms with E-state index in [1.807, 2.05) is 17.8 Å². The second-order valence-electron chi connectivity index (χ2n) is 3.49. The van der Waals surface area contributed by atoms with Gasteiger partial charge in [0.1, 0.15) is 0 Å². The minimum Gasteiger partial charge on any atom is -0.270 e. The number of rotatable bonds is 4. The average Bonchev–Trinajstić information content (AvgIpc) is 2.49. The summed E-state index contributed by atoms with van der Waals surface area (Å²) in [6.07, 6.45) is 2.86. The molecule has 1 heterocycles. The lowest BCUT2D eigenvalue weighted by Gasteiger charge is -2.14. The molecule has 1 aromatic heterocycles. The first-order valence-corrected chi connectivity index (χ1v) is 5.24. The fraction of sp³-hybridized carbons (Fsp3) is 0.700. The van der Waals surface area contributed by atoms with Gasteiger partial charge in [-0.3, -0.25) is 4.68 Å². The molecule has 0 amide bonds. The molecule has 74 valence electrons. The molecule has 3 heteroatoms. The predicted octanol–water partition coefficient (Wildman–Crippen LogP) is 3.02. The highest BCUT2D eigenvalue weighted by atomic mass is 35.5. The Morgan fingerprint density at radius 2 is 2.23 bits per heavy atom.